The number of hydrogen-bond acceptors (Lipinski definition) is 6. The molecule has 1 aliphatic heterocycles. The summed E-state index contributed by atoms with van der Waals surface area (Å²) in [4.78, 5) is 25.3. The summed E-state index contributed by atoms with van der Waals surface area (Å²) in [5, 5.41) is 0. The molecule has 1 aliphatic rings. The lowest BCUT2D eigenvalue weighted by Crippen LogP contribution is -2.19. The first-order valence-electron chi connectivity index (χ1n) is 8.69. The van der Waals surface area contributed by atoms with Crippen molar-refractivity contribution >= 4 is 11.9 Å². The second-order valence-corrected chi connectivity index (χ2v) is 5.80. The quantitative estimate of drug-likeness (QED) is 0.726. The third-order valence-corrected chi connectivity index (χ3v) is 3.92. The Morgan fingerprint density at radius 1 is 1.04 bits per heavy atom. The van der Waals surface area contributed by atoms with Crippen molar-refractivity contribution in [3.8, 4) is 11.5 Å². The summed E-state index contributed by atoms with van der Waals surface area (Å²) >= 11 is 0. The van der Waals surface area contributed by atoms with Crippen molar-refractivity contribution in [1.82, 2.24) is 4.57 Å². The van der Waals surface area contributed by atoms with Crippen LogP contribution >= 0.6 is 0 Å². The number of hydrogen-bond donors (Lipinski definition) is 0. The van der Waals surface area contributed by atoms with Gasteiger partial charge in [-0.25, -0.2) is 9.59 Å². The van der Waals surface area contributed by atoms with E-state index in [1.54, 1.807) is 13.8 Å². The van der Waals surface area contributed by atoms with Crippen LogP contribution in [-0.2, 0) is 16.0 Å². The molecule has 0 saturated heterocycles. The zero-order valence-electron chi connectivity index (χ0n) is 15.3. The van der Waals surface area contributed by atoms with E-state index in [1.807, 2.05) is 30.3 Å². The summed E-state index contributed by atoms with van der Waals surface area (Å²) < 4.78 is 23.2. The highest BCUT2D eigenvalue weighted by Gasteiger charge is 2.37. The van der Waals surface area contributed by atoms with E-state index in [9.17, 15) is 9.59 Å². The van der Waals surface area contributed by atoms with Crippen LogP contribution in [0.4, 0.5) is 0 Å². The maximum atomic E-state index is 12.7. The number of esters is 2. The Labute approximate surface area is 157 Å². The van der Waals surface area contributed by atoms with Crippen LogP contribution in [0.5, 0.6) is 11.5 Å². The molecule has 2 aromatic rings. The van der Waals surface area contributed by atoms with Crippen LogP contribution in [0.15, 0.2) is 42.7 Å². The smallest absolute Gasteiger partial charge is 0.359 e. The van der Waals surface area contributed by atoms with Gasteiger partial charge < -0.3 is 23.5 Å². The topological polar surface area (TPSA) is 76.0 Å². The van der Waals surface area contributed by atoms with Crippen molar-refractivity contribution in [3.63, 3.8) is 0 Å². The molecule has 0 fully saturated rings. The lowest BCUT2D eigenvalue weighted by Gasteiger charge is -2.17. The maximum absolute atomic E-state index is 12.7. The Morgan fingerprint density at radius 3 is 2.22 bits per heavy atom. The number of carbonyl (C=O) groups is 2. The van der Waals surface area contributed by atoms with Crippen molar-refractivity contribution in [2.75, 3.05) is 19.8 Å². The minimum Gasteiger partial charge on any atom is -0.479 e. The fourth-order valence-electron chi connectivity index (χ4n) is 2.86. The van der Waals surface area contributed by atoms with Crippen LogP contribution in [0, 0.1) is 0 Å². The van der Waals surface area contributed by atoms with Gasteiger partial charge in [0.15, 0.2) is 17.1 Å². The monoisotopic (exact) mass is 371 g/mol. The first-order chi connectivity index (χ1) is 13.1. The Hall–Kier alpha value is -3.22. The minimum atomic E-state index is -0.612. The molecule has 2 heterocycles. The Bertz CT molecular complexity index is 868. The highest BCUT2D eigenvalue weighted by Crippen LogP contribution is 2.43. The molecule has 1 aromatic heterocycles. The Morgan fingerprint density at radius 2 is 1.63 bits per heavy atom. The normalized spacial score (nSPS) is 12.6. The maximum Gasteiger partial charge on any atom is 0.359 e. The molecule has 0 amide bonds. The summed E-state index contributed by atoms with van der Waals surface area (Å²) in [6.07, 6.45) is 0. The molecule has 0 atom stereocenters. The summed E-state index contributed by atoms with van der Waals surface area (Å²) in [6, 6.07) is 9.43. The third kappa shape index (κ3) is 3.67. The van der Waals surface area contributed by atoms with E-state index in [4.69, 9.17) is 18.9 Å². The van der Waals surface area contributed by atoms with Gasteiger partial charge in [0.25, 0.3) is 0 Å². The molecule has 0 radical (unpaired) electrons. The van der Waals surface area contributed by atoms with E-state index in [1.165, 1.54) is 4.57 Å². The summed E-state index contributed by atoms with van der Waals surface area (Å²) in [5.74, 6) is -0.585. The first kappa shape index (κ1) is 18.6. The predicted molar refractivity (Wildman–Crippen MR) is 97.2 cm³/mol. The molecule has 0 N–H and O–H groups in total. The van der Waals surface area contributed by atoms with Gasteiger partial charge in [-0.3, -0.25) is 0 Å². The molecule has 0 spiro atoms. The number of carbonyl (C=O) groups excluding carboxylic acids is 2. The molecule has 1 aromatic carbocycles. The number of fused-ring (bicyclic) bond motifs is 1. The van der Waals surface area contributed by atoms with Crippen LogP contribution in [-0.4, -0.2) is 36.3 Å². The van der Waals surface area contributed by atoms with E-state index >= 15 is 0 Å². The fourth-order valence-corrected chi connectivity index (χ4v) is 2.86. The molecule has 0 unspecified atom stereocenters. The highest BCUT2D eigenvalue weighted by molar-refractivity contribution is 6.00. The molecule has 0 bridgehead atoms. The number of aromatic nitrogens is 1. The number of rotatable bonds is 6. The minimum absolute atomic E-state index is 0.0804. The van der Waals surface area contributed by atoms with Gasteiger partial charge in [0.2, 0.25) is 5.75 Å². The van der Waals surface area contributed by atoms with Gasteiger partial charge >= 0.3 is 11.9 Å². The van der Waals surface area contributed by atoms with Crippen LogP contribution in [0.2, 0.25) is 0 Å². The van der Waals surface area contributed by atoms with Crippen LogP contribution in [0.3, 0.4) is 0 Å². The van der Waals surface area contributed by atoms with Crippen molar-refractivity contribution in [1.29, 1.82) is 0 Å². The highest BCUT2D eigenvalue weighted by atomic mass is 16.6. The van der Waals surface area contributed by atoms with Crippen LogP contribution in [0.25, 0.3) is 0 Å². The molecule has 7 heteroatoms. The zero-order chi connectivity index (χ0) is 19.4. The standard InChI is InChI=1S/C20H21NO6/c1-4-24-19(22)15-17-18(27-13(3)12-26-17)16(20(23)25-5-2)21(15)11-14-9-7-6-8-10-14/h6-10H,3-5,11-12H2,1-2H3. The van der Waals surface area contributed by atoms with Crippen molar-refractivity contribution in [2.24, 2.45) is 0 Å². The molecular weight excluding hydrogens is 350 g/mol. The molecule has 0 saturated carbocycles. The first-order valence-corrected chi connectivity index (χ1v) is 8.69. The summed E-state index contributed by atoms with van der Waals surface area (Å²) in [6.45, 7) is 7.85. The van der Waals surface area contributed by atoms with E-state index in [0.717, 1.165) is 5.56 Å². The molecule has 7 nitrogen and oxygen atoms in total. The van der Waals surface area contributed by atoms with Crippen LogP contribution in [0.1, 0.15) is 40.4 Å². The van der Waals surface area contributed by atoms with Crippen molar-refractivity contribution in [2.45, 2.75) is 20.4 Å². The molecule has 142 valence electrons. The average Bonchev–Trinajstić information content (AvgIpc) is 2.96. The second-order valence-electron chi connectivity index (χ2n) is 5.80. The Kier molecular flexibility index (Phi) is 5.49. The van der Waals surface area contributed by atoms with Gasteiger partial charge in [0, 0.05) is 6.54 Å². The lowest BCUT2D eigenvalue weighted by molar-refractivity contribution is 0.0502. The van der Waals surface area contributed by atoms with E-state index in [2.05, 4.69) is 6.58 Å². The van der Waals surface area contributed by atoms with E-state index in [-0.39, 0.29) is 49.3 Å². The van der Waals surface area contributed by atoms with Crippen molar-refractivity contribution in [3.05, 3.63) is 59.6 Å². The van der Waals surface area contributed by atoms with E-state index in [0.29, 0.717) is 5.76 Å². The van der Waals surface area contributed by atoms with Gasteiger partial charge in [-0.2, -0.15) is 0 Å². The predicted octanol–water partition coefficient (Wildman–Crippen LogP) is 3.17. The fraction of sp³-hybridized carbons (Fsp3) is 0.300. The lowest BCUT2D eigenvalue weighted by atomic mass is 10.2. The summed E-state index contributed by atoms with van der Waals surface area (Å²) in [7, 11) is 0. The molecule has 27 heavy (non-hydrogen) atoms. The summed E-state index contributed by atoms with van der Waals surface area (Å²) in [5.41, 5.74) is 1.10. The number of nitrogens with zero attached hydrogens (tertiary/aromatic N) is 1. The third-order valence-electron chi connectivity index (χ3n) is 3.92. The van der Waals surface area contributed by atoms with Gasteiger partial charge in [-0.1, -0.05) is 36.9 Å². The van der Waals surface area contributed by atoms with Gasteiger partial charge in [0.1, 0.15) is 12.4 Å². The van der Waals surface area contributed by atoms with Gasteiger partial charge in [0.05, 0.1) is 13.2 Å². The molecular formula is C20H21NO6. The van der Waals surface area contributed by atoms with Gasteiger partial charge in [-0.05, 0) is 19.4 Å². The zero-order valence-corrected chi connectivity index (χ0v) is 15.3. The van der Waals surface area contributed by atoms with E-state index < -0.39 is 11.9 Å². The average molecular weight is 371 g/mol. The number of ether oxygens (including phenoxy) is 4. The SMILES string of the molecule is C=C1COc2c(c(C(=O)OCC)n(Cc3ccccc3)c2C(=O)OCC)O1. The largest absolute Gasteiger partial charge is 0.479 e. The van der Waals surface area contributed by atoms with Crippen molar-refractivity contribution < 1.29 is 28.5 Å². The molecule has 3 rings (SSSR count). The number of benzene rings is 1. The van der Waals surface area contributed by atoms with Crippen LogP contribution < -0.4 is 9.47 Å². The molecule has 0 aliphatic carbocycles. The second kappa shape index (κ2) is 7.99. The Balaban J connectivity index is 2.20. The van der Waals surface area contributed by atoms with Gasteiger partial charge in [-0.15, -0.1) is 0 Å².